The number of Topliss-reactive ketones (excluding diaryl/α,β-unsaturated/α-hetero) is 1. The van der Waals surface area contributed by atoms with Crippen molar-refractivity contribution in [1.82, 2.24) is 4.98 Å². The van der Waals surface area contributed by atoms with E-state index in [0.717, 1.165) is 29.5 Å². The predicted molar refractivity (Wildman–Crippen MR) is 110 cm³/mol. The predicted octanol–water partition coefficient (Wildman–Crippen LogP) is 5.71. The topological polar surface area (TPSA) is 89.6 Å². The number of hydrogen-bond donors (Lipinski definition) is 1. The largest absolute Gasteiger partial charge is 0.496 e. The van der Waals surface area contributed by atoms with Crippen LogP contribution in [-0.4, -0.2) is 29.0 Å². The third-order valence-electron chi connectivity index (χ3n) is 4.74. The first-order valence-corrected chi connectivity index (χ1v) is 10.0. The highest BCUT2D eigenvalue weighted by molar-refractivity contribution is 7.14. The van der Waals surface area contributed by atoms with Crippen LogP contribution < -0.4 is 4.74 Å². The number of aromatic nitrogens is 1. The first-order valence-electron chi connectivity index (χ1n) is 9.17. The second-order valence-corrected chi connectivity index (χ2v) is 7.65. The van der Waals surface area contributed by atoms with Crippen molar-refractivity contribution < 1.29 is 37.0 Å². The second-order valence-electron chi connectivity index (χ2n) is 6.77. The lowest BCUT2D eigenvalue weighted by Crippen LogP contribution is -2.08. The van der Waals surface area contributed by atoms with E-state index >= 15 is 0 Å². The van der Waals surface area contributed by atoms with Crippen molar-refractivity contribution in [3.8, 4) is 16.2 Å². The maximum Gasteiger partial charge on any atom is 0.416 e. The van der Waals surface area contributed by atoms with Crippen LogP contribution in [0.1, 0.15) is 32.2 Å². The smallest absolute Gasteiger partial charge is 0.416 e. The standard InChI is InChI=1S/C22H14F3NO5S/c1-30-17-9-12(22(23,24)25)6-7-13(17)19-18(21(28)29)11(10-32-19)8-15(27)20-26-14-4-2-3-5-16(14)31-20/h2-7,9-10H,8H2,1H3,(H,28,29). The van der Waals surface area contributed by atoms with Gasteiger partial charge in [0.15, 0.2) is 5.58 Å². The number of thiophene rings is 1. The fraction of sp³-hybridized carbons (Fsp3) is 0.136. The lowest BCUT2D eigenvalue weighted by molar-refractivity contribution is -0.137. The van der Waals surface area contributed by atoms with Gasteiger partial charge >= 0.3 is 12.1 Å². The first-order chi connectivity index (χ1) is 15.2. The van der Waals surface area contributed by atoms with E-state index in [4.69, 9.17) is 9.15 Å². The van der Waals surface area contributed by atoms with E-state index in [1.807, 2.05) is 0 Å². The van der Waals surface area contributed by atoms with E-state index < -0.39 is 23.5 Å². The van der Waals surface area contributed by atoms with Crippen LogP contribution in [0.3, 0.4) is 0 Å². The molecule has 0 saturated carbocycles. The number of methoxy groups -OCH3 is 1. The first kappa shape index (κ1) is 21.6. The molecule has 2 aromatic heterocycles. The Morgan fingerprint density at radius 3 is 2.59 bits per heavy atom. The lowest BCUT2D eigenvalue weighted by Gasteiger charge is -2.12. The Bertz CT molecular complexity index is 1310. The van der Waals surface area contributed by atoms with Gasteiger partial charge < -0.3 is 14.3 Å². The summed E-state index contributed by atoms with van der Waals surface area (Å²) in [5, 5.41) is 11.3. The Balaban J connectivity index is 1.72. The average Bonchev–Trinajstić information content (AvgIpc) is 3.36. The molecule has 2 heterocycles. The minimum Gasteiger partial charge on any atom is -0.496 e. The molecule has 32 heavy (non-hydrogen) atoms. The van der Waals surface area contributed by atoms with Gasteiger partial charge in [-0.2, -0.15) is 13.2 Å². The van der Waals surface area contributed by atoms with Crippen molar-refractivity contribution in [2.45, 2.75) is 12.6 Å². The summed E-state index contributed by atoms with van der Waals surface area (Å²) in [6, 6.07) is 9.62. The van der Waals surface area contributed by atoms with E-state index in [1.54, 1.807) is 24.3 Å². The Hall–Kier alpha value is -3.66. The molecular weight excluding hydrogens is 447 g/mol. The van der Waals surface area contributed by atoms with Gasteiger partial charge in [0.2, 0.25) is 5.78 Å². The van der Waals surface area contributed by atoms with Gasteiger partial charge in [0.25, 0.3) is 5.89 Å². The Kier molecular flexibility index (Phi) is 5.47. The van der Waals surface area contributed by atoms with Crippen LogP contribution in [0.2, 0.25) is 0 Å². The molecule has 0 bridgehead atoms. The van der Waals surface area contributed by atoms with E-state index in [0.29, 0.717) is 11.1 Å². The summed E-state index contributed by atoms with van der Waals surface area (Å²) in [6.07, 6.45) is -4.87. The third-order valence-corrected chi connectivity index (χ3v) is 5.80. The molecule has 1 N–H and O–H groups in total. The molecular formula is C22H14F3NO5S. The summed E-state index contributed by atoms with van der Waals surface area (Å²) in [4.78, 5) is 29.0. The van der Waals surface area contributed by atoms with Gasteiger partial charge in [0.05, 0.1) is 23.1 Å². The number of carboxylic acid groups (broad SMARTS) is 1. The Labute approximate surface area is 182 Å². The zero-order valence-corrected chi connectivity index (χ0v) is 17.2. The molecule has 0 aliphatic heterocycles. The molecule has 6 nitrogen and oxygen atoms in total. The zero-order valence-electron chi connectivity index (χ0n) is 16.4. The van der Waals surface area contributed by atoms with Gasteiger partial charge in [-0.1, -0.05) is 12.1 Å². The van der Waals surface area contributed by atoms with E-state index in [-0.39, 0.29) is 39.6 Å². The summed E-state index contributed by atoms with van der Waals surface area (Å²) < 4.78 is 49.6. The summed E-state index contributed by atoms with van der Waals surface area (Å²) >= 11 is 0.997. The summed E-state index contributed by atoms with van der Waals surface area (Å²) in [6.45, 7) is 0. The van der Waals surface area contributed by atoms with E-state index in [2.05, 4.69) is 4.98 Å². The van der Waals surface area contributed by atoms with Gasteiger partial charge in [-0.05, 0) is 41.3 Å². The summed E-state index contributed by atoms with van der Waals surface area (Å²) in [7, 11) is 1.20. The van der Waals surface area contributed by atoms with Crippen molar-refractivity contribution in [1.29, 1.82) is 0 Å². The van der Waals surface area contributed by atoms with Crippen LogP contribution in [0.4, 0.5) is 13.2 Å². The third kappa shape index (κ3) is 3.96. The number of oxazole rings is 1. The number of ether oxygens (including phenoxy) is 1. The van der Waals surface area contributed by atoms with Crippen molar-refractivity contribution in [3.05, 3.63) is 70.4 Å². The van der Waals surface area contributed by atoms with Gasteiger partial charge in [-0.3, -0.25) is 4.79 Å². The fourth-order valence-corrected chi connectivity index (χ4v) is 4.34. The van der Waals surface area contributed by atoms with Crippen molar-refractivity contribution >= 4 is 34.2 Å². The molecule has 0 aliphatic carbocycles. The molecule has 0 saturated heterocycles. The normalized spacial score (nSPS) is 11.6. The zero-order chi connectivity index (χ0) is 23.0. The molecule has 4 rings (SSSR count). The molecule has 0 atom stereocenters. The number of hydrogen-bond acceptors (Lipinski definition) is 6. The summed E-state index contributed by atoms with van der Waals surface area (Å²) in [5.74, 6) is -2.11. The van der Waals surface area contributed by atoms with Crippen LogP contribution in [0.25, 0.3) is 21.5 Å². The maximum absolute atomic E-state index is 13.0. The molecule has 0 fully saturated rings. The Morgan fingerprint density at radius 1 is 1.19 bits per heavy atom. The number of fused-ring (bicyclic) bond motifs is 1. The quantitative estimate of drug-likeness (QED) is 0.370. The minimum atomic E-state index is -4.58. The van der Waals surface area contributed by atoms with Gasteiger partial charge in [-0.15, -0.1) is 11.3 Å². The number of alkyl halides is 3. The molecule has 0 amide bonds. The monoisotopic (exact) mass is 461 g/mol. The van der Waals surface area contributed by atoms with Crippen LogP contribution >= 0.6 is 11.3 Å². The highest BCUT2D eigenvalue weighted by atomic mass is 32.1. The minimum absolute atomic E-state index is 0.124. The highest BCUT2D eigenvalue weighted by Gasteiger charge is 2.32. The number of ketones is 1. The number of rotatable bonds is 6. The van der Waals surface area contributed by atoms with E-state index in [9.17, 15) is 27.9 Å². The molecule has 0 aliphatic rings. The SMILES string of the molecule is COc1cc(C(F)(F)F)ccc1-c1scc(CC(=O)c2nc3ccccc3o2)c1C(=O)O. The number of aromatic carboxylic acids is 1. The average molecular weight is 461 g/mol. The van der Waals surface area contributed by atoms with Gasteiger partial charge in [0.1, 0.15) is 11.3 Å². The van der Waals surface area contributed by atoms with Crippen molar-refractivity contribution in [2.75, 3.05) is 7.11 Å². The number of nitrogens with zero attached hydrogens (tertiary/aromatic N) is 1. The fourth-order valence-electron chi connectivity index (χ4n) is 3.25. The Morgan fingerprint density at radius 2 is 1.94 bits per heavy atom. The summed E-state index contributed by atoms with van der Waals surface area (Å²) in [5.41, 5.74) is 0.204. The van der Waals surface area contributed by atoms with E-state index in [1.165, 1.54) is 12.5 Å². The number of halogens is 3. The van der Waals surface area contributed by atoms with Crippen molar-refractivity contribution in [3.63, 3.8) is 0 Å². The maximum atomic E-state index is 13.0. The number of carboxylic acids is 1. The molecule has 2 aromatic carbocycles. The molecule has 0 radical (unpaired) electrons. The number of carbonyl (C=O) groups excluding carboxylic acids is 1. The van der Waals surface area contributed by atoms with Crippen LogP contribution in [-0.2, 0) is 12.6 Å². The van der Waals surface area contributed by atoms with Gasteiger partial charge in [0, 0.05) is 12.0 Å². The number of para-hydroxylation sites is 2. The van der Waals surface area contributed by atoms with Crippen LogP contribution in [0, 0.1) is 0 Å². The second kappa shape index (κ2) is 8.12. The molecule has 164 valence electrons. The lowest BCUT2D eigenvalue weighted by atomic mass is 10.0. The highest BCUT2D eigenvalue weighted by Crippen LogP contribution is 2.41. The molecule has 0 unspecified atom stereocenters. The van der Waals surface area contributed by atoms with Crippen LogP contribution in [0.5, 0.6) is 5.75 Å². The molecule has 0 spiro atoms. The molecule has 4 aromatic rings. The van der Waals surface area contributed by atoms with Crippen LogP contribution in [0.15, 0.2) is 52.3 Å². The van der Waals surface area contributed by atoms with Crippen molar-refractivity contribution in [2.24, 2.45) is 0 Å². The number of carbonyl (C=O) groups is 2. The molecule has 10 heteroatoms. The van der Waals surface area contributed by atoms with Gasteiger partial charge in [-0.25, -0.2) is 9.78 Å². The number of benzene rings is 2.